The van der Waals surface area contributed by atoms with E-state index in [2.05, 4.69) is 6.92 Å². The molecule has 104 valence electrons. The van der Waals surface area contributed by atoms with Crippen molar-refractivity contribution < 1.29 is 14.3 Å². The molecular weight excluding hydrogens is 240 g/mol. The minimum atomic E-state index is -0.473. The number of carbonyl (C=O) groups is 2. The number of cyclic esters (lactones) is 2. The fourth-order valence-electron chi connectivity index (χ4n) is 6.16. The molecule has 4 aliphatic carbocycles. The van der Waals surface area contributed by atoms with Crippen LogP contribution in [0.2, 0.25) is 0 Å². The Bertz CT molecular complexity index is 413. The van der Waals surface area contributed by atoms with Crippen LogP contribution in [0.25, 0.3) is 0 Å². The van der Waals surface area contributed by atoms with Crippen LogP contribution in [0.4, 0.5) is 0 Å². The van der Waals surface area contributed by atoms with Gasteiger partial charge in [-0.05, 0) is 68.1 Å². The third-order valence-corrected chi connectivity index (χ3v) is 6.57. The van der Waals surface area contributed by atoms with Gasteiger partial charge in [-0.25, -0.2) is 0 Å². The summed E-state index contributed by atoms with van der Waals surface area (Å²) in [7, 11) is 0. The van der Waals surface area contributed by atoms with Crippen LogP contribution >= 0.6 is 0 Å². The van der Waals surface area contributed by atoms with Crippen LogP contribution in [0.3, 0.4) is 0 Å². The van der Waals surface area contributed by atoms with Crippen molar-refractivity contribution in [2.24, 2.45) is 35.0 Å². The maximum absolute atomic E-state index is 12.3. The van der Waals surface area contributed by atoms with E-state index < -0.39 is 5.41 Å². The van der Waals surface area contributed by atoms with Gasteiger partial charge in [0.25, 0.3) is 0 Å². The van der Waals surface area contributed by atoms with E-state index >= 15 is 0 Å². The van der Waals surface area contributed by atoms with Gasteiger partial charge in [-0.3, -0.25) is 9.59 Å². The Labute approximate surface area is 114 Å². The van der Waals surface area contributed by atoms with Crippen molar-refractivity contribution in [1.29, 1.82) is 0 Å². The largest absolute Gasteiger partial charge is 0.393 e. The van der Waals surface area contributed by atoms with Crippen LogP contribution in [0, 0.1) is 35.0 Å². The Balaban J connectivity index is 1.71. The fraction of sp³-hybridized carbons (Fsp3) is 0.875. The Morgan fingerprint density at radius 2 is 1.63 bits per heavy atom. The molecule has 5 fully saturated rings. The second-order valence-electron chi connectivity index (χ2n) is 7.40. The second-order valence-corrected chi connectivity index (χ2v) is 7.40. The maximum Gasteiger partial charge on any atom is 0.320 e. The summed E-state index contributed by atoms with van der Waals surface area (Å²) < 4.78 is 4.95. The number of ether oxygens (including phenoxy) is 1. The Hall–Kier alpha value is -0.860. The summed E-state index contributed by atoms with van der Waals surface area (Å²) in [6, 6.07) is 0. The lowest BCUT2D eigenvalue weighted by Crippen LogP contribution is -2.53. The molecule has 19 heavy (non-hydrogen) atoms. The van der Waals surface area contributed by atoms with Crippen molar-refractivity contribution >= 4 is 11.9 Å². The molecule has 4 saturated carbocycles. The number of hydrogen-bond acceptors (Lipinski definition) is 3. The van der Waals surface area contributed by atoms with E-state index in [0.717, 1.165) is 18.3 Å². The number of carbonyl (C=O) groups excluding carboxylic acids is 2. The molecule has 5 rings (SSSR count). The highest BCUT2D eigenvalue weighted by Crippen LogP contribution is 2.63. The monoisotopic (exact) mass is 262 g/mol. The molecule has 0 aromatic rings. The van der Waals surface area contributed by atoms with Gasteiger partial charge in [0.15, 0.2) is 0 Å². The molecular formula is C16H22O3. The number of rotatable bonds is 2. The van der Waals surface area contributed by atoms with Crippen LogP contribution in [-0.2, 0) is 14.3 Å². The van der Waals surface area contributed by atoms with Gasteiger partial charge < -0.3 is 4.74 Å². The predicted molar refractivity (Wildman–Crippen MR) is 69.0 cm³/mol. The van der Waals surface area contributed by atoms with Crippen LogP contribution < -0.4 is 0 Å². The quantitative estimate of drug-likeness (QED) is 0.567. The molecule has 0 aromatic heterocycles. The van der Waals surface area contributed by atoms with Gasteiger partial charge in [-0.1, -0.05) is 6.92 Å². The third kappa shape index (κ3) is 1.50. The van der Waals surface area contributed by atoms with Gasteiger partial charge >= 0.3 is 11.9 Å². The summed E-state index contributed by atoms with van der Waals surface area (Å²) in [5.74, 6) is 3.08. The lowest BCUT2D eigenvalue weighted by atomic mass is 9.46. The first kappa shape index (κ1) is 11.9. The molecule has 4 bridgehead atoms. The first-order valence-electron chi connectivity index (χ1n) is 7.87. The molecule has 0 N–H and O–H groups in total. The maximum atomic E-state index is 12.3. The third-order valence-electron chi connectivity index (χ3n) is 6.57. The van der Waals surface area contributed by atoms with Crippen molar-refractivity contribution in [2.45, 2.75) is 51.9 Å². The van der Waals surface area contributed by atoms with Crippen molar-refractivity contribution in [3.05, 3.63) is 0 Å². The molecule has 1 atom stereocenters. The zero-order valence-electron chi connectivity index (χ0n) is 11.6. The van der Waals surface area contributed by atoms with E-state index in [1.54, 1.807) is 0 Å². The van der Waals surface area contributed by atoms with Crippen LogP contribution in [0.1, 0.15) is 51.9 Å². The molecule has 1 aliphatic heterocycles. The normalized spacial score (nSPS) is 51.7. The van der Waals surface area contributed by atoms with Crippen LogP contribution in [-0.4, -0.2) is 11.9 Å². The topological polar surface area (TPSA) is 43.4 Å². The van der Waals surface area contributed by atoms with Gasteiger partial charge in [0.05, 0.1) is 11.8 Å². The van der Waals surface area contributed by atoms with Gasteiger partial charge in [0, 0.05) is 0 Å². The van der Waals surface area contributed by atoms with E-state index in [4.69, 9.17) is 4.74 Å². The predicted octanol–water partition coefficient (Wildman–Crippen LogP) is 2.93. The summed E-state index contributed by atoms with van der Waals surface area (Å²) >= 11 is 0. The number of esters is 2. The summed E-state index contributed by atoms with van der Waals surface area (Å²) in [6.45, 7) is 2.06. The molecule has 3 heteroatoms. The highest BCUT2D eigenvalue weighted by Gasteiger charge is 2.61. The summed E-state index contributed by atoms with van der Waals surface area (Å²) in [6.07, 6.45) is 7.70. The van der Waals surface area contributed by atoms with E-state index in [9.17, 15) is 9.59 Å². The summed E-state index contributed by atoms with van der Waals surface area (Å²) in [4.78, 5) is 23.9. The molecule has 1 unspecified atom stereocenters. The molecule has 1 saturated heterocycles. The van der Waals surface area contributed by atoms with Crippen molar-refractivity contribution in [3.8, 4) is 0 Å². The molecule has 0 radical (unpaired) electrons. The summed E-state index contributed by atoms with van der Waals surface area (Å²) in [5, 5.41) is 0. The Morgan fingerprint density at radius 1 is 1.05 bits per heavy atom. The molecule has 5 aliphatic rings. The van der Waals surface area contributed by atoms with Crippen molar-refractivity contribution in [2.75, 3.05) is 0 Å². The number of hydrogen-bond donors (Lipinski definition) is 0. The first-order valence-corrected chi connectivity index (χ1v) is 7.87. The first-order chi connectivity index (χ1) is 9.12. The molecule has 0 aromatic carbocycles. The molecule has 3 nitrogen and oxygen atoms in total. The Kier molecular flexibility index (Phi) is 2.40. The van der Waals surface area contributed by atoms with E-state index in [1.807, 2.05) is 0 Å². The van der Waals surface area contributed by atoms with Crippen molar-refractivity contribution in [1.82, 2.24) is 0 Å². The van der Waals surface area contributed by atoms with E-state index in [1.165, 1.54) is 32.1 Å². The lowest BCUT2D eigenvalue weighted by molar-refractivity contribution is -0.163. The summed E-state index contributed by atoms with van der Waals surface area (Å²) in [5.41, 5.74) is -0.473. The van der Waals surface area contributed by atoms with Gasteiger partial charge in [-0.2, -0.15) is 0 Å². The Morgan fingerprint density at radius 3 is 2.05 bits per heavy atom. The van der Waals surface area contributed by atoms with Gasteiger partial charge in [-0.15, -0.1) is 0 Å². The van der Waals surface area contributed by atoms with E-state index in [-0.39, 0.29) is 11.9 Å². The molecule has 1 heterocycles. The average Bonchev–Trinajstić information content (AvgIpc) is 2.63. The SMILES string of the molecule is CCC1(C2C3CC4CC(C3)CC2C4)CC(=O)OC1=O. The zero-order chi connectivity index (χ0) is 13.2. The van der Waals surface area contributed by atoms with E-state index in [0.29, 0.717) is 24.2 Å². The standard InChI is InChI=1S/C16H22O3/c1-2-16(8-13(17)19-15(16)18)14-11-4-9-3-10(6-11)7-12(14)5-9/h9-12,14H,2-8H2,1H3. The fourth-order valence-corrected chi connectivity index (χ4v) is 6.16. The molecule has 0 spiro atoms. The average molecular weight is 262 g/mol. The zero-order valence-corrected chi connectivity index (χ0v) is 11.6. The highest BCUT2D eigenvalue weighted by molar-refractivity contribution is 5.97. The lowest BCUT2D eigenvalue weighted by Gasteiger charge is -2.58. The smallest absolute Gasteiger partial charge is 0.320 e. The highest BCUT2D eigenvalue weighted by atomic mass is 16.6. The minimum Gasteiger partial charge on any atom is -0.393 e. The van der Waals surface area contributed by atoms with Gasteiger partial charge in [0.1, 0.15) is 0 Å². The second kappa shape index (κ2) is 3.83. The van der Waals surface area contributed by atoms with Crippen LogP contribution in [0.5, 0.6) is 0 Å². The van der Waals surface area contributed by atoms with Gasteiger partial charge in [0.2, 0.25) is 0 Å². The molecule has 0 amide bonds. The minimum absolute atomic E-state index is 0.211. The van der Waals surface area contributed by atoms with Crippen LogP contribution in [0.15, 0.2) is 0 Å². The van der Waals surface area contributed by atoms with Crippen molar-refractivity contribution in [3.63, 3.8) is 0 Å².